The highest BCUT2D eigenvalue weighted by molar-refractivity contribution is 6.33. The van der Waals surface area contributed by atoms with Gasteiger partial charge in [-0.15, -0.1) is 0 Å². The Morgan fingerprint density at radius 3 is 2.69 bits per heavy atom. The smallest absolute Gasteiger partial charge is 0.203 e. The van der Waals surface area contributed by atoms with Crippen molar-refractivity contribution in [3.05, 3.63) is 44.3 Å². The average molecular weight is 237 g/mol. The van der Waals surface area contributed by atoms with E-state index in [-0.39, 0.29) is 11.0 Å². The topological polar surface area (TPSA) is 47.3 Å². The van der Waals surface area contributed by atoms with Crippen LogP contribution in [-0.4, -0.2) is 6.29 Å². The minimum Gasteiger partial charge on any atom is -0.463 e. The lowest BCUT2D eigenvalue weighted by molar-refractivity contribution is 0.112. The van der Waals surface area contributed by atoms with Gasteiger partial charge >= 0.3 is 0 Å². The Kier molecular flexibility index (Phi) is 2.56. The normalized spacial score (nSPS) is 10.7. The predicted molar refractivity (Wildman–Crippen MR) is 62.4 cm³/mol. The summed E-state index contributed by atoms with van der Waals surface area (Å²) in [6.45, 7) is 3.57. The van der Waals surface area contributed by atoms with Crippen LogP contribution >= 0.6 is 11.6 Å². The zero-order valence-corrected chi connectivity index (χ0v) is 9.59. The van der Waals surface area contributed by atoms with Crippen molar-refractivity contribution in [2.24, 2.45) is 0 Å². The summed E-state index contributed by atoms with van der Waals surface area (Å²) in [7, 11) is 0. The van der Waals surface area contributed by atoms with Crippen LogP contribution in [0, 0.1) is 13.8 Å². The van der Waals surface area contributed by atoms with Gasteiger partial charge in [0.15, 0.2) is 6.29 Å². The van der Waals surface area contributed by atoms with Crippen molar-refractivity contribution in [3.63, 3.8) is 0 Å². The minimum atomic E-state index is -0.337. The van der Waals surface area contributed by atoms with Gasteiger partial charge in [-0.25, -0.2) is 0 Å². The fourth-order valence-electron chi connectivity index (χ4n) is 1.70. The first-order chi connectivity index (χ1) is 7.56. The molecule has 0 atom stereocenters. The standard InChI is InChI=1S/C12H9ClO3/c1-6-3-9-10(7(2)11(6)13)12(15)8(4-14)5-16-9/h3-5H,1-2H3. The molecular weight excluding hydrogens is 228 g/mol. The van der Waals surface area contributed by atoms with Crippen LogP contribution in [0.3, 0.4) is 0 Å². The van der Waals surface area contributed by atoms with Gasteiger partial charge in [0, 0.05) is 5.02 Å². The Morgan fingerprint density at radius 2 is 2.06 bits per heavy atom. The lowest BCUT2D eigenvalue weighted by Gasteiger charge is -2.06. The van der Waals surface area contributed by atoms with Crippen molar-refractivity contribution in [1.29, 1.82) is 0 Å². The Hall–Kier alpha value is -1.61. The quantitative estimate of drug-likeness (QED) is 0.716. The lowest BCUT2D eigenvalue weighted by Crippen LogP contribution is -2.09. The van der Waals surface area contributed by atoms with Crippen LogP contribution in [-0.2, 0) is 0 Å². The number of hydrogen-bond donors (Lipinski definition) is 0. The molecule has 0 aliphatic rings. The first kappa shape index (κ1) is 10.9. The molecule has 2 aromatic rings. The van der Waals surface area contributed by atoms with Crippen molar-refractivity contribution >= 4 is 28.9 Å². The van der Waals surface area contributed by atoms with Crippen molar-refractivity contribution < 1.29 is 9.21 Å². The van der Waals surface area contributed by atoms with Crippen molar-refractivity contribution in [2.45, 2.75) is 13.8 Å². The van der Waals surface area contributed by atoms with Gasteiger partial charge in [-0.3, -0.25) is 9.59 Å². The van der Waals surface area contributed by atoms with E-state index in [1.54, 1.807) is 13.0 Å². The summed E-state index contributed by atoms with van der Waals surface area (Å²) in [4.78, 5) is 22.5. The number of benzene rings is 1. The van der Waals surface area contributed by atoms with Gasteiger partial charge in [-0.2, -0.15) is 0 Å². The molecule has 0 saturated heterocycles. The highest BCUT2D eigenvalue weighted by atomic mass is 35.5. The second-order valence-electron chi connectivity index (χ2n) is 3.64. The van der Waals surface area contributed by atoms with Gasteiger partial charge in [0.25, 0.3) is 0 Å². The molecule has 0 saturated carbocycles. The maximum atomic E-state index is 11.9. The summed E-state index contributed by atoms with van der Waals surface area (Å²) < 4.78 is 5.24. The van der Waals surface area contributed by atoms with Crippen LogP contribution in [0.25, 0.3) is 11.0 Å². The molecule has 1 aromatic heterocycles. The van der Waals surface area contributed by atoms with Crippen LogP contribution in [0.4, 0.5) is 0 Å². The van der Waals surface area contributed by atoms with E-state index in [4.69, 9.17) is 16.0 Å². The predicted octanol–water partition coefficient (Wildman–Crippen LogP) is 2.88. The number of carbonyl (C=O) groups is 1. The fraction of sp³-hybridized carbons (Fsp3) is 0.167. The van der Waals surface area contributed by atoms with Gasteiger partial charge in [-0.05, 0) is 31.0 Å². The van der Waals surface area contributed by atoms with Gasteiger partial charge in [-0.1, -0.05) is 11.6 Å². The first-order valence-electron chi connectivity index (χ1n) is 4.72. The highest BCUT2D eigenvalue weighted by Crippen LogP contribution is 2.26. The van der Waals surface area contributed by atoms with E-state index in [0.29, 0.717) is 27.8 Å². The van der Waals surface area contributed by atoms with Crippen LogP contribution in [0.1, 0.15) is 21.5 Å². The highest BCUT2D eigenvalue weighted by Gasteiger charge is 2.12. The van der Waals surface area contributed by atoms with Crippen molar-refractivity contribution in [3.8, 4) is 0 Å². The summed E-state index contributed by atoms with van der Waals surface area (Å²) in [6, 6.07) is 1.70. The monoisotopic (exact) mass is 236 g/mol. The zero-order chi connectivity index (χ0) is 11.9. The molecule has 0 aliphatic carbocycles. The van der Waals surface area contributed by atoms with Crippen LogP contribution in [0.15, 0.2) is 21.5 Å². The van der Waals surface area contributed by atoms with Crippen LogP contribution < -0.4 is 5.43 Å². The molecule has 0 fully saturated rings. The van der Waals surface area contributed by atoms with E-state index < -0.39 is 0 Å². The lowest BCUT2D eigenvalue weighted by atomic mass is 10.1. The van der Waals surface area contributed by atoms with Gasteiger partial charge in [0.05, 0.1) is 10.9 Å². The zero-order valence-electron chi connectivity index (χ0n) is 8.83. The Morgan fingerprint density at radius 1 is 1.38 bits per heavy atom. The average Bonchev–Trinajstić information content (AvgIpc) is 2.26. The number of halogens is 1. The molecule has 1 aromatic carbocycles. The Bertz CT molecular complexity index is 641. The van der Waals surface area contributed by atoms with Crippen molar-refractivity contribution in [2.75, 3.05) is 0 Å². The molecule has 0 aliphatic heterocycles. The maximum Gasteiger partial charge on any atom is 0.203 e. The molecule has 0 N–H and O–H groups in total. The minimum absolute atomic E-state index is 0.00974. The molecule has 0 amide bonds. The maximum absolute atomic E-state index is 11.9. The molecule has 16 heavy (non-hydrogen) atoms. The number of hydrogen-bond acceptors (Lipinski definition) is 3. The van der Waals surface area contributed by atoms with Gasteiger partial charge in [0.1, 0.15) is 11.8 Å². The molecule has 3 nitrogen and oxygen atoms in total. The fourth-order valence-corrected chi connectivity index (χ4v) is 1.85. The molecule has 82 valence electrons. The summed E-state index contributed by atoms with van der Waals surface area (Å²) >= 11 is 6.06. The van der Waals surface area contributed by atoms with Gasteiger partial charge < -0.3 is 4.42 Å². The van der Waals surface area contributed by atoms with E-state index >= 15 is 0 Å². The molecule has 0 spiro atoms. The number of aryl methyl sites for hydroxylation is 2. The number of rotatable bonds is 1. The second-order valence-corrected chi connectivity index (χ2v) is 4.02. The molecule has 4 heteroatoms. The number of carbonyl (C=O) groups excluding carboxylic acids is 1. The summed E-state index contributed by atoms with van der Waals surface area (Å²) in [5, 5.41) is 0.906. The van der Waals surface area contributed by atoms with E-state index in [9.17, 15) is 9.59 Å². The third kappa shape index (κ3) is 1.44. The van der Waals surface area contributed by atoms with E-state index in [2.05, 4.69) is 0 Å². The number of aldehydes is 1. The van der Waals surface area contributed by atoms with E-state index in [1.807, 2.05) is 6.92 Å². The first-order valence-corrected chi connectivity index (χ1v) is 5.10. The van der Waals surface area contributed by atoms with Crippen molar-refractivity contribution in [1.82, 2.24) is 0 Å². The Labute approximate surface area is 96.6 Å². The molecular formula is C12H9ClO3. The van der Waals surface area contributed by atoms with E-state index in [0.717, 1.165) is 5.56 Å². The summed E-state index contributed by atoms with van der Waals surface area (Å²) in [5.74, 6) is 0. The molecule has 1 heterocycles. The van der Waals surface area contributed by atoms with Gasteiger partial charge in [0.2, 0.25) is 5.43 Å². The molecule has 0 bridgehead atoms. The molecule has 2 rings (SSSR count). The second kappa shape index (κ2) is 3.76. The summed E-state index contributed by atoms with van der Waals surface area (Å²) in [5.41, 5.74) is 1.61. The molecule has 0 unspecified atom stereocenters. The third-order valence-corrected chi connectivity index (χ3v) is 3.16. The van der Waals surface area contributed by atoms with Crippen LogP contribution in [0.2, 0.25) is 5.02 Å². The summed E-state index contributed by atoms with van der Waals surface area (Å²) in [6.07, 6.45) is 1.66. The van der Waals surface area contributed by atoms with E-state index in [1.165, 1.54) is 6.26 Å². The molecule has 0 radical (unpaired) electrons. The SMILES string of the molecule is Cc1cc2occ(C=O)c(=O)c2c(C)c1Cl. The van der Waals surface area contributed by atoms with Crippen LogP contribution in [0.5, 0.6) is 0 Å². The third-order valence-electron chi connectivity index (χ3n) is 2.57. The number of fused-ring (bicyclic) bond motifs is 1. The largest absolute Gasteiger partial charge is 0.463 e. The Balaban J connectivity index is 3.04.